The summed E-state index contributed by atoms with van der Waals surface area (Å²) in [4.78, 5) is 18.9. The van der Waals surface area contributed by atoms with Crippen molar-refractivity contribution in [3.8, 4) is 0 Å². The van der Waals surface area contributed by atoms with Gasteiger partial charge in [0.05, 0.1) is 5.56 Å². The van der Waals surface area contributed by atoms with Gasteiger partial charge in [-0.25, -0.2) is 0 Å². The zero-order chi connectivity index (χ0) is 14.8. The highest BCUT2D eigenvalue weighted by Crippen LogP contribution is 2.31. The third kappa shape index (κ3) is 2.89. The molecule has 1 aromatic carbocycles. The van der Waals surface area contributed by atoms with Crippen LogP contribution in [-0.2, 0) is 6.54 Å². The Morgan fingerprint density at radius 1 is 1.33 bits per heavy atom. The number of aromatic nitrogens is 1. The van der Waals surface area contributed by atoms with E-state index in [4.69, 9.17) is 5.73 Å². The van der Waals surface area contributed by atoms with Gasteiger partial charge in [-0.3, -0.25) is 9.78 Å². The van der Waals surface area contributed by atoms with Gasteiger partial charge in [0.15, 0.2) is 0 Å². The van der Waals surface area contributed by atoms with Gasteiger partial charge < -0.3 is 10.6 Å². The molecule has 3 rings (SSSR count). The summed E-state index contributed by atoms with van der Waals surface area (Å²) in [6.07, 6.45) is 5.69. The number of anilines is 1. The van der Waals surface area contributed by atoms with Crippen molar-refractivity contribution in [2.45, 2.75) is 32.4 Å². The summed E-state index contributed by atoms with van der Waals surface area (Å²) in [6, 6.07) is 9.82. The number of nitrogens with zero attached hydrogens (tertiary/aromatic N) is 2. The van der Waals surface area contributed by atoms with Gasteiger partial charge in [-0.2, -0.15) is 0 Å². The van der Waals surface area contributed by atoms with Crippen LogP contribution in [0.15, 0.2) is 42.7 Å². The van der Waals surface area contributed by atoms with Gasteiger partial charge in [0.2, 0.25) is 0 Å². The first-order valence-corrected chi connectivity index (χ1v) is 7.22. The topological polar surface area (TPSA) is 59.2 Å². The molecule has 0 bridgehead atoms. The molecule has 1 aliphatic carbocycles. The minimum atomic E-state index is 0.0250. The van der Waals surface area contributed by atoms with Crippen LogP contribution in [0.3, 0.4) is 0 Å². The summed E-state index contributed by atoms with van der Waals surface area (Å²) >= 11 is 0. The fourth-order valence-electron chi connectivity index (χ4n) is 2.57. The van der Waals surface area contributed by atoms with Crippen LogP contribution in [0, 0.1) is 6.92 Å². The number of nitrogens with two attached hydrogens (primary N) is 1. The van der Waals surface area contributed by atoms with Crippen LogP contribution in [0.4, 0.5) is 5.69 Å². The normalized spacial score (nSPS) is 14.0. The molecular formula is C17H19N3O. The van der Waals surface area contributed by atoms with Gasteiger partial charge in [-0.15, -0.1) is 0 Å². The number of carbonyl (C=O) groups excluding carboxylic acids is 1. The quantitative estimate of drug-likeness (QED) is 0.877. The van der Waals surface area contributed by atoms with Gasteiger partial charge >= 0.3 is 0 Å². The lowest BCUT2D eigenvalue weighted by atomic mass is 10.0. The van der Waals surface area contributed by atoms with E-state index in [-0.39, 0.29) is 5.91 Å². The van der Waals surface area contributed by atoms with Gasteiger partial charge in [-0.1, -0.05) is 18.2 Å². The van der Waals surface area contributed by atoms with Gasteiger partial charge in [-0.05, 0) is 43.0 Å². The number of pyridine rings is 1. The zero-order valence-electron chi connectivity index (χ0n) is 12.1. The van der Waals surface area contributed by atoms with Crippen LogP contribution < -0.4 is 5.73 Å². The molecule has 0 aliphatic heterocycles. The number of nitrogen functional groups attached to an aromatic ring is 1. The lowest BCUT2D eigenvalue weighted by Crippen LogP contribution is -2.33. The van der Waals surface area contributed by atoms with E-state index in [9.17, 15) is 4.79 Å². The van der Waals surface area contributed by atoms with Crippen LogP contribution in [0.5, 0.6) is 0 Å². The predicted molar refractivity (Wildman–Crippen MR) is 82.7 cm³/mol. The Morgan fingerprint density at radius 3 is 2.76 bits per heavy atom. The van der Waals surface area contributed by atoms with E-state index < -0.39 is 0 Å². The van der Waals surface area contributed by atoms with Crippen LogP contribution >= 0.6 is 0 Å². The second-order valence-electron chi connectivity index (χ2n) is 5.56. The van der Waals surface area contributed by atoms with Crippen LogP contribution in [-0.4, -0.2) is 21.8 Å². The van der Waals surface area contributed by atoms with Crippen molar-refractivity contribution in [1.82, 2.24) is 9.88 Å². The minimum Gasteiger partial charge on any atom is -0.398 e. The lowest BCUT2D eigenvalue weighted by molar-refractivity contribution is 0.0730. The SMILES string of the molecule is Cc1cccc(N)c1C(=O)N(Cc1cccnc1)C1CC1. The summed E-state index contributed by atoms with van der Waals surface area (Å²) in [5, 5.41) is 0. The number of hydrogen-bond donors (Lipinski definition) is 1. The average Bonchev–Trinajstić information content (AvgIpc) is 3.30. The van der Waals surface area contributed by atoms with Crippen molar-refractivity contribution in [1.29, 1.82) is 0 Å². The van der Waals surface area contributed by atoms with Gasteiger partial charge in [0.25, 0.3) is 5.91 Å². The number of hydrogen-bond acceptors (Lipinski definition) is 3. The Balaban J connectivity index is 1.89. The van der Waals surface area contributed by atoms with E-state index >= 15 is 0 Å². The second-order valence-corrected chi connectivity index (χ2v) is 5.56. The molecule has 108 valence electrons. The summed E-state index contributed by atoms with van der Waals surface area (Å²) in [6.45, 7) is 2.52. The summed E-state index contributed by atoms with van der Waals surface area (Å²) in [5.41, 5.74) is 9.17. The van der Waals surface area contributed by atoms with E-state index in [0.717, 1.165) is 24.0 Å². The van der Waals surface area contributed by atoms with Gasteiger partial charge in [0, 0.05) is 30.7 Å². The van der Waals surface area contributed by atoms with Crippen molar-refractivity contribution in [2.75, 3.05) is 5.73 Å². The number of aryl methyl sites for hydroxylation is 1. The zero-order valence-corrected chi connectivity index (χ0v) is 12.1. The first kappa shape index (κ1) is 13.6. The van der Waals surface area contributed by atoms with Crippen molar-refractivity contribution >= 4 is 11.6 Å². The van der Waals surface area contributed by atoms with E-state index in [2.05, 4.69) is 4.98 Å². The Labute approximate surface area is 124 Å². The third-order valence-electron chi connectivity index (χ3n) is 3.84. The van der Waals surface area contributed by atoms with Crippen molar-refractivity contribution in [2.24, 2.45) is 0 Å². The highest BCUT2D eigenvalue weighted by atomic mass is 16.2. The molecule has 1 amide bonds. The largest absolute Gasteiger partial charge is 0.398 e. The molecule has 1 aromatic heterocycles. The lowest BCUT2D eigenvalue weighted by Gasteiger charge is -2.24. The molecule has 4 heteroatoms. The monoisotopic (exact) mass is 281 g/mol. The van der Waals surface area contributed by atoms with E-state index in [1.54, 1.807) is 12.3 Å². The van der Waals surface area contributed by atoms with Crippen LogP contribution in [0.25, 0.3) is 0 Å². The van der Waals surface area contributed by atoms with Crippen molar-refractivity contribution < 1.29 is 4.79 Å². The molecule has 2 aromatic rings. The maximum atomic E-state index is 12.9. The first-order valence-electron chi connectivity index (χ1n) is 7.22. The molecule has 1 aliphatic rings. The molecule has 1 heterocycles. The molecule has 0 spiro atoms. The predicted octanol–water partition coefficient (Wildman–Crippen LogP) is 2.78. The van der Waals surface area contributed by atoms with E-state index in [0.29, 0.717) is 23.8 Å². The molecule has 1 fully saturated rings. The fourth-order valence-corrected chi connectivity index (χ4v) is 2.57. The maximum absolute atomic E-state index is 12.9. The summed E-state index contributed by atoms with van der Waals surface area (Å²) in [5.74, 6) is 0.0250. The second kappa shape index (κ2) is 5.56. The van der Waals surface area contributed by atoms with Crippen molar-refractivity contribution in [3.63, 3.8) is 0 Å². The molecular weight excluding hydrogens is 262 g/mol. The third-order valence-corrected chi connectivity index (χ3v) is 3.84. The highest BCUT2D eigenvalue weighted by molar-refractivity contribution is 6.00. The molecule has 0 radical (unpaired) electrons. The number of rotatable bonds is 4. The Kier molecular flexibility index (Phi) is 3.60. The van der Waals surface area contributed by atoms with Crippen LogP contribution in [0.1, 0.15) is 34.3 Å². The van der Waals surface area contributed by atoms with E-state index in [1.165, 1.54) is 0 Å². The molecule has 2 N–H and O–H groups in total. The fraction of sp³-hybridized carbons (Fsp3) is 0.294. The molecule has 0 saturated heterocycles. The van der Waals surface area contributed by atoms with Crippen LogP contribution in [0.2, 0.25) is 0 Å². The minimum absolute atomic E-state index is 0.0250. The molecule has 0 atom stereocenters. The molecule has 4 nitrogen and oxygen atoms in total. The highest BCUT2D eigenvalue weighted by Gasteiger charge is 2.34. The molecule has 1 saturated carbocycles. The summed E-state index contributed by atoms with van der Waals surface area (Å²) in [7, 11) is 0. The summed E-state index contributed by atoms with van der Waals surface area (Å²) < 4.78 is 0. The first-order chi connectivity index (χ1) is 10.2. The van der Waals surface area contributed by atoms with E-state index in [1.807, 2.05) is 42.3 Å². The number of benzene rings is 1. The smallest absolute Gasteiger partial charge is 0.256 e. The Morgan fingerprint density at radius 2 is 2.14 bits per heavy atom. The number of amides is 1. The standard InChI is InChI=1S/C17H19N3O/c1-12-4-2-6-15(18)16(12)17(21)20(14-7-8-14)11-13-5-3-9-19-10-13/h2-6,9-10,14H,7-8,11,18H2,1H3. The average molecular weight is 281 g/mol. The number of carbonyl (C=O) groups is 1. The Hall–Kier alpha value is -2.36. The van der Waals surface area contributed by atoms with Crippen molar-refractivity contribution in [3.05, 3.63) is 59.4 Å². The Bertz CT molecular complexity index is 630. The van der Waals surface area contributed by atoms with Gasteiger partial charge in [0.1, 0.15) is 0 Å². The molecule has 0 unspecified atom stereocenters. The molecule has 21 heavy (non-hydrogen) atoms. The maximum Gasteiger partial charge on any atom is 0.256 e.